The minimum Gasteiger partial charge on any atom is -0.306 e. The third-order valence-corrected chi connectivity index (χ3v) is 2.02. The van der Waals surface area contributed by atoms with E-state index in [4.69, 9.17) is 0 Å². The molecular formula is C12H17N3O. The topological polar surface area (TPSA) is 53.5 Å². The number of aryl methyl sites for hydroxylation is 2. The van der Waals surface area contributed by atoms with E-state index in [1.807, 2.05) is 45.9 Å². The number of nitrogens with one attached hydrogen (secondary N) is 2. The molecule has 2 N–H and O–H groups in total. The lowest BCUT2D eigenvalue weighted by atomic mass is 10.1. The van der Waals surface area contributed by atoms with Crippen LogP contribution in [0.4, 0.5) is 10.5 Å². The normalized spacial score (nSPS) is 9.50. The zero-order chi connectivity index (χ0) is 12.1. The molecule has 1 aromatic carbocycles. The van der Waals surface area contributed by atoms with Crippen LogP contribution in [0.1, 0.15) is 25.0 Å². The molecule has 4 heteroatoms. The van der Waals surface area contributed by atoms with Crippen molar-refractivity contribution in [2.45, 2.75) is 27.7 Å². The zero-order valence-electron chi connectivity index (χ0n) is 10.1. The van der Waals surface area contributed by atoms with Gasteiger partial charge in [-0.05, 0) is 44.9 Å². The maximum Gasteiger partial charge on any atom is 0.339 e. The Bertz CT molecular complexity index is 420. The fraction of sp³-hybridized carbons (Fsp3) is 0.333. The third-order valence-electron chi connectivity index (χ3n) is 2.02. The zero-order valence-corrected chi connectivity index (χ0v) is 10.1. The highest BCUT2D eigenvalue weighted by Crippen LogP contribution is 2.15. The Hall–Kier alpha value is -1.84. The van der Waals surface area contributed by atoms with Gasteiger partial charge in [0, 0.05) is 11.4 Å². The van der Waals surface area contributed by atoms with Crippen LogP contribution in [0.3, 0.4) is 0 Å². The number of anilines is 1. The lowest BCUT2D eigenvalue weighted by molar-refractivity contribution is 0.252. The Morgan fingerprint density at radius 1 is 1.25 bits per heavy atom. The molecule has 1 rings (SSSR count). The van der Waals surface area contributed by atoms with Crippen molar-refractivity contribution in [2.75, 3.05) is 5.32 Å². The summed E-state index contributed by atoms with van der Waals surface area (Å²) in [6.07, 6.45) is 0. The van der Waals surface area contributed by atoms with Gasteiger partial charge in [-0.2, -0.15) is 5.10 Å². The highest BCUT2D eigenvalue weighted by Gasteiger charge is 2.03. The van der Waals surface area contributed by atoms with Crippen molar-refractivity contribution >= 4 is 17.4 Å². The van der Waals surface area contributed by atoms with Crippen LogP contribution < -0.4 is 10.7 Å². The Kier molecular flexibility index (Phi) is 4.05. The van der Waals surface area contributed by atoms with Crippen LogP contribution in [-0.4, -0.2) is 11.7 Å². The van der Waals surface area contributed by atoms with E-state index >= 15 is 0 Å². The van der Waals surface area contributed by atoms with E-state index in [0.717, 1.165) is 22.5 Å². The fourth-order valence-electron chi connectivity index (χ4n) is 1.18. The summed E-state index contributed by atoms with van der Waals surface area (Å²) in [5.41, 5.74) is 6.16. The van der Waals surface area contributed by atoms with Gasteiger partial charge in [-0.25, -0.2) is 10.2 Å². The van der Waals surface area contributed by atoms with Gasteiger partial charge in [-0.3, -0.25) is 0 Å². The van der Waals surface area contributed by atoms with E-state index in [9.17, 15) is 4.79 Å². The maximum absolute atomic E-state index is 11.5. The van der Waals surface area contributed by atoms with Gasteiger partial charge >= 0.3 is 6.03 Å². The SMILES string of the molecule is CC(C)=NNC(=O)Nc1cc(C)ccc1C. The number of hydrazone groups is 1. The molecule has 16 heavy (non-hydrogen) atoms. The fourth-order valence-corrected chi connectivity index (χ4v) is 1.18. The van der Waals surface area contributed by atoms with Crippen molar-refractivity contribution in [3.05, 3.63) is 29.3 Å². The molecule has 1 aromatic rings. The second-order valence-corrected chi connectivity index (χ2v) is 3.94. The number of benzene rings is 1. The third kappa shape index (κ3) is 3.73. The summed E-state index contributed by atoms with van der Waals surface area (Å²) < 4.78 is 0. The summed E-state index contributed by atoms with van der Waals surface area (Å²) in [7, 11) is 0. The molecule has 0 fully saturated rings. The summed E-state index contributed by atoms with van der Waals surface area (Å²) in [4.78, 5) is 11.5. The second-order valence-electron chi connectivity index (χ2n) is 3.94. The minimum absolute atomic E-state index is 0.324. The average molecular weight is 219 g/mol. The van der Waals surface area contributed by atoms with Gasteiger partial charge in [0.1, 0.15) is 0 Å². The summed E-state index contributed by atoms with van der Waals surface area (Å²) >= 11 is 0. The Labute approximate surface area is 95.7 Å². The molecule has 0 bridgehead atoms. The Morgan fingerprint density at radius 2 is 1.94 bits per heavy atom. The number of hydrogen-bond donors (Lipinski definition) is 2. The van der Waals surface area contributed by atoms with E-state index in [1.165, 1.54) is 0 Å². The van der Waals surface area contributed by atoms with Crippen LogP contribution in [0, 0.1) is 13.8 Å². The van der Waals surface area contributed by atoms with Gasteiger partial charge in [-0.15, -0.1) is 0 Å². The smallest absolute Gasteiger partial charge is 0.306 e. The van der Waals surface area contributed by atoms with Crippen molar-refractivity contribution in [1.82, 2.24) is 5.43 Å². The molecule has 0 aromatic heterocycles. The van der Waals surface area contributed by atoms with Crippen LogP contribution in [-0.2, 0) is 0 Å². The predicted molar refractivity (Wildman–Crippen MR) is 66.9 cm³/mol. The first-order valence-electron chi connectivity index (χ1n) is 5.14. The molecule has 0 atom stereocenters. The van der Waals surface area contributed by atoms with Crippen molar-refractivity contribution < 1.29 is 4.79 Å². The van der Waals surface area contributed by atoms with E-state index < -0.39 is 0 Å². The first-order chi connectivity index (χ1) is 7.49. The van der Waals surface area contributed by atoms with Gasteiger partial charge in [0.05, 0.1) is 0 Å². The number of carbonyl (C=O) groups excluding carboxylic acids is 1. The molecule has 0 heterocycles. The second kappa shape index (κ2) is 5.30. The minimum atomic E-state index is -0.324. The van der Waals surface area contributed by atoms with Crippen molar-refractivity contribution in [3.8, 4) is 0 Å². The highest BCUT2D eigenvalue weighted by molar-refractivity contribution is 5.91. The van der Waals surface area contributed by atoms with Crippen LogP contribution in [0.25, 0.3) is 0 Å². The number of carbonyl (C=O) groups is 1. The molecule has 0 spiro atoms. The number of rotatable bonds is 2. The van der Waals surface area contributed by atoms with Gasteiger partial charge < -0.3 is 5.32 Å². The molecule has 0 saturated carbocycles. The van der Waals surface area contributed by atoms with E-state index in [0.29, 0.717) is 0 Å². The lowest BCUT2D eigenvalue weighted by Gasteiger charge is -2.08. The standard InChI is InChI=1S/C12H17N3O/c1-8(2)14-15-12(16)13-11-7-9(3)5-6-10(11)4/h5-7H,1-4H3,(H2,13,15,16). The molecule has 0 aliphatic carbocycles. The van der Waals surface area contributed by atoms with Crippen molar-refractivity contribution in [3.63, 3.8) is 0 Å². The quantitative estimate of drug-likeness (QED) is 0.583. The number of hydrogen-bond acceptors (Lipinski definition) is 2. The van der Waals surface area contributed by atoms with E-state index in [1.54, 1.807) is 0 Å². The number of urea groups is 1. The molecule has 0 radical (unpaired) electrons. The van der Waals surface area contributed by atoms with Gasteiger partial charge in [0.25, 0.3) is 0 Å². The monoisotopic (exact) mass is 219 g/mol. The van der Waals surface area contributed by atoms with E-state index in [2.05, 4.69) is 15.8 Å². The van der Waals surface area contributed by atoms with Crippen LogP contribution in [0.15, 0.2) is 23.3 Å². The van der Waals surface area contributed by atoms with Gasteiger partial charge in [0.15, 0.2) is 0 Å². The first kappa shape index (κ1) is 12.2. The predicted octanol–water partition coefficient (Wildman–Crippen LogP) is 2.82. The molecule has 86 valence electrons. The summed E-state index contributed by atoms with van der Waals surface area (Å²) in [6.45, 7) is 7.57. The van der Waals surface area contributed by atoms with Crippen LogP contribution in [0.5, 0.6) is 0 Å². The largest absolute Gasteiger partial charge is 0.339 e. The van der Waals surface area contributed by atoms with Crippen molar-refractivity contribution in [1.29, 1.82) is 0 Å². The van der Waals surface area contributed by atoms with Crippen LogP contribution in [0.2, 0.25) is 0 Å². The van der Waals surface area contributed by atoms with Gasteiger partial charge in [0.2, 0.25) is 0 Å². The molecule has 4 nitrogen and oxygen atoms in total. The molecule has 0 saturated heterocycles. The van der Waals surface area contributed by atoms with Crippen molar-refractivity contribution in [2.24, 2.45) is 5.10 Å². The molecule has 2 amide bonds. The lowest BCUT2D eigenvalue weighted by Crippen LogP contribution is -2.25. The molecule has 0 aliphatic rings. The Morgan fingerprint density at radius 3 is 2.56 bits per heavy atom. The average Bonchev–Trinajstić information content (AvgIpc) is 2.20. The highest BCUT2D eigenvalue weighted by atomic mass is 16.2. The Balaban J connectivity index is 2.69. The number of amides is 2. The summed E-state index contributed by atoms with van der Waals surface area (Å²) in [5.74, 6) is 0. The number of nitrogens with zero attached hydrogens (tertiary/aromatic N) is 1. The molecule has 0 aliphatic heterocycles. The maximum atomic E-state index is 11.5. The van der Waals surface area contributed by atoms with Gasteiger partial charge in [-0.1, -0.05) is 12.1 Å². The van der Waals surface area contributed by atoms with E-state index in [-0.39, 0.29) is 6.03 Å². The summed E-state index contributed by atoms with van der Waals surface area (Å²) in [5, 5.41) is 6.58. The molecule has 0 unspecified atom stereocenters. The summed E-state index contributed by atoms with van der Waals surface area (Å²) in [6, 6.07) is 5.58. The first-order valence-corrected chi connectivity index (χ1v) is 5.14. The molecular weight excluding hydrogens is 202 g/mol. The van der Waals surface area contributed by atoms with Crippen LogP contribution >= 0.6 is 0 Å².